The van der Waals surface area contributed by atoms with Crippen LogP contribution in [0.15, 0.2) is 10.6 Å². The van der Waals surface area contributed by atoms with E-state index in [1.807, 2.05) is 0 Å². The van der Waals surface area contributed by atoms with Crippen molar-refractivity contribution in [3.8, 4) is 0 Å². The van der Waals surface area contributed by atoms with Crippen LogP contribution >= 0.6 is 0 Å². The first-order valence-electron chi connectivity index (χ1n) is 3.51. The Morgan fingerprint density at radius 3 is 3.08 bits per heavy atom. The number of aryl methyl sites for hydroxylation is 1. The summed E-state index contributed by atoms with van der Waals surface area (Å²) in [6.45, 7) is 1.12. The number of alkyl halides is 1. The first kappa shape index (κ1) is 8.70. The highest BCUT2D eigenvalue weighted by atomic mass is 19.1. The minimum absolute atomic E-state index is 0.00141. The number of nitrogens with one attached hydrogen (secondary N) is 1. The van der Waals surface area contributed by atoms with Crippen LogP contribution in [0.4, 0.5) is 4.39 Å². The summed E-state index contributed by atoms with van der Waals surface area (Å²) in [5.41, 5.74) is 0.625. The summed E-state index contributed by atoms with van der Waals surface area (Å²) in [6.07, 6.45) is 0. The number of rotatable bonds is 3. The Morgan fingerprint density at radius 1 is 1.83 bits per heavy atom. The molecule has 0 spiro atoms. The van der Waals surface area contributed by atoms with Gasteiger partial charge in [-0.1, -0.05) is 5.16 Å². The molecule has 12 heavy (non-hydrogen) atoms. The quantitative estimate of drug-likeness (QED) is 0.729. The van der Waals surface area contributed by atoms with Gasteiger partial charge in [-0.15, -0.1) is 0 Å². The van der Waals surface area contributed by atoms with Crippen LogP contribution in [0.2, 0.25) is 0 Å². The van der Waals surface area contributed by atoms with Gasteiger partial charge < -0.3 is 9.84 Å². The molecule has 1 aromatic heterocycles. The van der Waals surface area contributed by atoms with E-state index >= 15 is 0 Å². The maximum Gasteiger partial charge on any atom is 0.289 e. The number of hydrogen-bond donors (Lipinski definition) is 1. The number of aromatic nitrogens is 1. The van der Waals surface area contributed by atoms with E-state index in [2.05, 4.69) is 15.0 Å². The normalized spacial score (nSPS) is 9.83. The van der Waals surface area contributed by atoms with Crippen LogP contribution in [0, 0.1) is 6.92 Å². The average molecular weight is 172 g/mol. The van der Waals surface area contributed by atoms with E-state index in [4.69, 9.17) is 0 Å². The lowest BCUT2D eigenvalue weighted by atomic mass is 10.4. The minimum atomic E-state index is -0.584. The molecule has 0 aromatic carbocycles. The Morgan fingerprint density at radius 2 is 2.58 bits per heavy atom. The van der Waals surface area contributed by atoms with Gasteiger partial charge in [0.05, 0.1) is 5.69 Å². The largest absolute Gasteiger partial charge is 0.351 e. The van der Waals surface area contributed by atoms with Gasteiger partial charge in [-0.2, -0.15) is 0 Å². The standard InChI is InChI=1S/C7H9FN2O2/c1-5-4-6(12-10-5)7(11)9-3-2-8/h4H,2-3H2,1H3,(H,9,11). The van der Waals surface area contributed by atoms with E-state index in [9.17, 15) is 9.18 Å². The Balaban J connectivity index is 2.53. The second-order valence-corrected chi connectivity index (χ2v) is 2.28. The number of amides is 1. The Bertz CT molecular complexity index is 272. The first-order chi connectivity index (χ1) is 5.74. The summed E-state index contributed by atoms with van der Waals surface area (Å²) in [5, 5.41) is 5.83. The maximum absolute atomic E-state index is 11.6. The molecule has 0 radical (unpaired) electrons. The number of halogens is 1. The molecule has 0 saturated heterocycles. The van der Waals surface area contributed by atoms with Crippen LogP contribution in [0.1, 0.15) is 16.2 Å². The van der Waals surface area contributed by atoms with Crippen molar-refractivity contribution in [2.75, 3.05) is 13.2 Å². The van der Waals surface area contributed by atoms with E-state index in [-0.39, 0.29) is 12.3 Å². The van der Waals surface area contributed by atoms with Crippen molar-refractivity contribution in [1.29, 1.82) is 0 Å². The smallest absolute Gasteiger partial charge is 0.289 e. The van der Waals surface area contributed by atoms with Crippen LogP contribution in [0.5, 0.6) is 0 Å². The van der Waals surface area contributed by atoms with Crippen molar-refractivity contribution in [2.45, 2.75) is 6.92 Å². The highest BCUT2D eigenvalue weighted by Gasteiger charge is 2.09. The zero-order chi connectivity index (χ0) is 8.97. The van der Waals surface area contributed by atoms with E-state index in [0.717, 1.165) is 0 Å². The second kappa shape index (κ2) is 3.85. The fraction of sp³-hybridized carbons (Fsp3) is 0.429. The molecule has 0 aliphatic carbocycles. The highest BCUT2D eigenvalue weighted by molar-refractivity contribution is 5.91. The molecule has 1 aromatic rings. The molecule has 0 fully saturated rings. The van der Waals surface area contributed by atoms with E-state index < -0.39 is 12.6 Å². The van der Waals surface area contributed by atoms with Crippen LogP contribution in [-0.4, -0.2) is 24.3 Å². The predicted molar refractivity (Wildman–Crippen MR) is 39.5 cm³/mol. The average Bonchev–Trinajstić information content (AvgIpc) is 2.47. The van der Waals surface area contributed by atoms with Crippen LogP contribution in [0.3, 0.4) is 0 Å². The van der Waals surface area contributed by atoms with Crippen LogP contribution in [0.25, 0.3) is 0 Å². The molecule has 0 bridgehead atoms. The molecular formula is C7H9FN2O2. The molecule has 0 aliphatic heterocycles. The zero-order valence-electron chi connectivity index (χ0n) is 6.63. The van der Waals surface area contributed by atoms with Gasteiger partial charge in [0.2, 0.25) is 5.76 Å². The lowest BCUT2D eigenvalue weighted by Gasteiger charge is -1.95. The molecule has 1 heterocycles. The van der Waals surface area contributed by atoms with Crippen LogP contribution in [-0.2, 0) is 0 Å². The molecule has 0 aliphatic rings. The van der Waals surface area contributed by atoms with Crippen LogP contribution < -0.4 is 5.32 Å². The summed E-state index contributed by atoms with van der Waals surface area (Å²) < 4.78 is 16.3. The van der Waals surface area contributed by atoms with Gasteiger partial charge in [0.15, 0.2) is 0 Å². The van der Waals surface area contributed by atoms with E-state index in [1.165, 1.54) is 6.07 Å². The van der Waals surface area contributed by atoms with Crippen molar-refractivity contribution >= 4 is 5.91 Å². The van der Waals surface area contributed by atoms with Gasteiger partial charge in [0.25, 0.3) is 5.91 Å². The predicted octanol–water partition coefficient (Wildman–Crippen LogP) is 0.682. The number of hydrogen-bond acceptors (Lipinski definition) is 3. The van der Waals surface area contributed by atoms with Crippen molar-refractivity contribution in [3.63, 3.8) is 0 Å². The Hall–Kier alpha value is -1.39. The maximum atomic E-state index is 11.6. The summed E-state index contributed by atoms with van der Waals surface area (Å²) in [4.78, 5) is 11.0. The summed E-state index contributed by atoms with van der Waals surface area (Å²) in [5.74, 6) is -0.325. The number of nitrogens with zero attached hydrogens (tertiary/aromatic N) is 1. The molecule has 4 nitrogen and oxygen atoms in total. The minimum Gasteiger partial charge on any atom is -0.351 e. The molecule has 1 N–H and O–H groups in total. The summed E-state index contributed by atoms with van der Waals surface area (Å²) in [7, 11) is 0. The molecule has 0 atom stereocenters. The van der Waals surface area contributed by atoms with Gasteiger partial charge in [-0.25, -0.2) is 4.39 Å². The van der Waals surface area contributed by atoms with Gasteiger partial charge in [0, 0.05) is 12.6 Å². The van der Waals surface area contributed by atoms with E-state index in [0.29, 0.717) is 5.69 Å². The third kappa shape index (κ3) is 2.05. The second-order valence-electron chi connectivity index (χ2n) is 2.28. The van der Waals surface area contributed by atoms with Gasteiger partial charge >= 0.3 is 0 Å². The van der Waals surface area contributed by atoms with Gasteiger partial charge in [0.1, 0.15) is 6.67 Å². The molecular weight excluding hydrogens is 163 g/mol. The Labute approximate surface area is 68.7 Å². The third-order valence-corrected chi connectivity index (χ3v) is 1.23. The lowest BCUT2D eigenvalue weighted by Crippen LogP contribution is -2.24. The molecule has 66 valence electrons. The summed E-state index contributed by atoms with van der Waals surface area (Å²) in [6, 6.07) is 1.49. The molecule has 0 unspecified atom stereocenters. The number of carbonyl (C=O) groups excluding carboxylic acids is 1. The molecule has 1 amide bonds. The Kier molecular flexibility index (Phi) is 2.79. The van der Waals surface area contributed by atoms with Crippen molar-refractivity contribution < 1.29 is 13.7 Å². The summed E-state index contributed by atoms with van der Waals surface area (Å²) >= 11 is 0. The topological polar surface area (TPSA) is 55.1 Å². The zero-order valence-corrected chi connectivity index (χ0v) is 6.63. The first-order valence-corrected chi connectivity index (χ1v) is 3.51. The molecule has 1 rings (SSSR count). The monoisotopic (exact) mass is 172 g/mol. The fourth-order valence-corrected chi connectivity index (χ4v) is 0.718. The lowest BCUT2D eigenvalue weighted by molar-refractivity contribution is 0.0914. The molecule has 0 saturated carbocycles. The molecule has 5 heteroatoms. The van der Waals surface area contributed by atoms with Gasteiger partial charge in [-0.3, -0.25) is 4.79 Å². The SMILES string of the molecule is Cc1cc(C(=O)NCCF)on1. The van der Waals surface area contributed by atoms with E-state index in [1.54, 1.807) is 6.92 Å². The van der Waals surface area contributed by atoms with Crippen molar-refractivity contribution in [1.82, 2.24) is 10.5 Å². The van der Waals surface area contributed by atoms with Crippen molar-refractivity contribution in [3.05, 3.63) is 17.5 Å². The highest BCUT2D eigenvalue weighted by Crippen LogP contribution is 2.00. The third-order valence-electron chi connectivity index (χ3n) is 1.23. The number of carbonyl (C=O) groups is 1. The van der Waals surface area contributed by atoms with Gasteiger partial charge in [-0.05, 0) is 6.92 Å². The fourth-order valence-electron chi connectivity index (χ4n) is 0.718. The van der Waals surface area contributed by atoms with Crippen molar-refractivity contribution in [2.24, 2.45) is 0 Å².